The van der Waals surface area contributed by atoms with Gasteiger partial charge in [0, 0.05) is 0 Å². The lowest BCUT2D eigenvalue weighted by molar-refractivity contribution is -0.120. The van der Waals surface area contributed by atoms with Crippen LogP contribution in [0.3, 0.4) is 0 Å². The number of hydrogen-bond acceptors (Lipinski definition) is 3. The first-order valence-corrected chi connectivity index (χ1v) is 6.87. The molecule has 0 atom stereocenters. The Morgan fingerprint density at radius 2 is 1.76 bits per heavy atom. The molecule has 0 saturated carbocycles. The third-order valence-corrected chi connectivity index (χ3v) is 3.06. The van der Waals surface area contributed by atoms with Crippen molar-refractivity contribution in [2.75, 3.05) is 0 Å². The number of carbonyl (C=O) groups is 1. The van der Waals surface area contributed by atoms with E-state index in [1.54, 1.807) is 24.3 Å². The maximum atomic E-state index is 11.9. The van der Waals surface area contributed by atoms with Gasteiger partial charge in [-0.15, -0.1) is 0 Å². The summed E-state index contributed by atoms with van der Waals surface area (Å²) in [5, 5.41) is 13.5. The van der Waals surface area contributed by atoms with E-state index in [9.17, 15) is 9.90 Å². The standard InChI is InChI=1S/C17H18N2O2/c1-2-16(14-8-10-15(20)11-9-14)18-19-17(21)12-13-6-4-3-5-7-13/h3-11,20H,2,12H2,1H3,(H,19,21)/b18-16+. The molecular formula is C17H18N2O2. The Kier molecular flexibility index (Phi) is 5.10. The van der Waals surface area contributed by atoms with E-state index in [0.717, 1.165) is 16.8 Å². The van der Waals surface area contributed by atoms with Crippen LogP contribution in [0.4, 0.5) is 0 Å². The van der Waals surface area contributed by atoms with Crippen molar-refractivity contribution in [2.24, 2.45) is 5.10 Å². The molecule has 4 heteroatoms. The first-order chi connectivity index (χ1) is 10.2. The molecule has 0 saturated heterocycles. The Labute approximate surface area is 124 Å². The molecule has 2 aromatic rings. The van der Waals surface area contributed by atoms with E-state index in [4.69, 9.17) is 0 Å². The predicted molar refractivity (Wildman–Crippen MR) is 83.2 cm³/mol. The van der Waals surface area contributed by atoms with E-state index < -0.39 is 0 Å². The van der Waals surface area contributed by atoms with Crippen LogP contribution in [0.25, 0.3) is 0 Å². The van der Waals surface area contributed by atoms with Gasteiger partial charge in [0.25, 0.3) is 0 Å². The van der Waals surface area contributed by atoms with Gasteiger partial charge in [-0.2, -0.15) is 5.10 Å². The number of carbonyl (C=O) groups excluding carboxylic acids is 1. The summed E-state index contributed by atoms with van der Waals surface area (Å²) in [5.41, 5.74) is 5.19. The number of nitrogens with zero attached hydrogens (tertiary/aromatic N) is 1. The number of phenolic OH excluding ortho intramolecular Hbond substituents is 1. The second kappa shape index (κ2) is 7.24. The van der Waals surface area contributed by atoms with Gasteiger partial charge in [-0.1, -0.05) is 37.3 Å². The van der Waals surface area contributed by atoms with E-state index in [-0.39, 0.29) is 11.7 Å². The summed E-state index contributed by atoms with van der Waals surface area (Å²) in [4.78, 5) is 11.9. The third-order valence-electron chi connectivity index (χ3n) is 3.06. The molecule has 4 nitrogen and oxygen atoms in total. The fourth-order valence-electron chi connectivity index (χ4n) is 1.95. The summed E-state index contributed by atoms with van der Waals surface area (Å²) in [6.45, 7) is 1.97. The van der Waals surface area contributed by atoms with Crippen LogP contribution in [0, 0.1) is 0 Å². The topological polar surface area (TPSA) is 61.7 Å². The molecule has 21 heavy (non-hydrogen) atoms. The molecule has 0 aliphatic heterocycles. The average Bonchev–Trinajstić information content (AvgIpc) is 2.50. The molecule has 0 spiro atoms. The van der Waals surface area contributed by atoms with Gasteiger partial charge in [-0.05, 0) is 41.8 Å². The minimum Gasteiger partial charge on any atom is -0.508 e. The highest BCUT2D eigenvalue weighted by atomic mass is 16.3. The van der Waals surface area contributed by atoms with Crippen LogP contribution in [0.15, 0.2) is 59.7 Å². The van der Waals surface area contributed by atoms with Crippen molar-refractivity contribution in [1.82, 2.24) is 5.43 Å². The number of hydrogen-bond donors (Lipinski definition) is 2. The second-order valence-corrected chi connectivity index (χ2v) is 4.66. The average molecular weight is 282 g/mol. The largest absolute Gasteiger partial charge is 0.508 e. The van der Waals surface area contributed by atoms with Crippen molar-refractivity contribution in [3.05, 3.63) is 65.7 Å². The molecule has 0 aliphatic rings. The maximum absolute atomic E-state index is 11.9. The van der Waals surface area contributed by atoms with Crippen LogP contribution in [0.5, 0.6) is 5.75 Å². The minimum atomic E-state index is -0.147. The molecule has 1 amide bonds. The van der Waals surface area contributed by atoms with E-state index in [1.165, 1.54) is 0 Å². The summed E-state index contributed by atoms with van der Waals surface area (Å²) in [6.07, 6.45) is 0.993. The highest BCUT2D eigenvalue weighted by molar-refractivity contribution is 6.01. The van der Waals surface area contributed by atoms with Crippen LogP contribution in [-0.4, -0.2) is 16.7 Å². The quantitative estimate of drug-likeness (QED) is 0.654. The molecule has 108 valence electrons. The summed E-state index contributed by atoms with van der Waals surface area (Å²) in [6, 6.07) is 16.3. The zero-order valence-electron chi connectivity index (χ0n) is 11.9. The summed E-state index contributed by atoms with van der Waals surface area (Å²) >= 11 is 0. The summed E-state index contributed by atoms with van der Waals surface area (Å²) in [7, 11) is 0. The highest BCUT2D eigenvalue weighted by Crippen LogP contribution is 2.11. The SMILES string of the molecule is CC/C(=N\NC(=O)Cc1ccccc1)c1ccc(O)cc1. The summed E-state index contributed by atoms with van der Waals surface area (Å²) in [5.74, 6) is 0.0632. The van der Waals surface area contributed by atoms with Crippen LogP contribution >= 0.6 is 0 Å². The second-order valence-electron chi connectivity index (χ2n) is 4.66. The normalized spacial score (nSPS) is 11.2. The van der Waals surface area contributed by atoms with Gasteiger partial charge in [0.2, 0.25) is 5.91 Å². The lowest BCUT2D eigenvalue weighted by Crippen LogP contribution is -2.21. The van der Waals surface area contributed by atoms with Crippen LogP contribution in [-0.2, 0) is 11.2 Å². The number of phenols is 1. The van der Waals surface area contributed by atoms with E-state index >= 15 is 0 Å². The first kappa shape index (κ1) is 14.8. The Hall–Kier alpha value is -2.62. The minimum absolute atomic E-state index is 0.147. The molecular weight excluding hydrogens is 264 g/mol. The highest BCUT2D eigenvalue weighted by Gasteiger charge is 2.04. The van der Waals surface area contributed by atoms with Crippen molar-refractivity contribution < 1.29 is 9.90 Å². The number of benzene rings is 2. The lowest BCUT2D eigenvalue weighted by atomic mass is 10.1. The number of amides is 1. The molecule has 0 radical (unpaired) electrons. The molecule has 2 aromatic carbocycles. The third kappa shape index (κ3) is 4.45. The Bertz CT molecular complexity index is 619. The number of nitrogens with one attached hydrogen (secondary N) is 1. The Morgan fingerprint density at radius 1 is 1.10 bits per heavy atom. The van der Waals surface area contributed by atoms with E-state index in [1.807, 2.05) is 37.3 Å². The molecule has 0 aliphatic carbocycles. The molecule has 0 bridgehead atoms. The van der Waals surface area contributed by atoms with Crippen LogP contribution in [0.2, 0.25) is 0 Å². The van der Waals surface area contributed by atoms with Crippen molar-refractivity contribution in [3.8, 4) is 5.75 Å². The summed E-state index contributed by atoms with van der Waals surface area (Å²) < 4.78 is 0. The van der Waals surface area contributed by atoms with Gasteiger partial charge in [-0.25, -0.2) is 5.43 Å². The van der Waals surface area contributed by atoms with Crippen molar-refractivity contribution in [3.63, 3.8) is 0 Å². The van der Waals surface area contributed by atoms with Gasteiger partial charge in [-0.3, -0.25) is 4.79 Å². The van der Waals surface area contributed by atoms with E-state index in [0.29, 0.717) is 12.8 Å². The number of aromatic hydroxyl groups is 1. The smallest absolute Gasteiger partial charge is 0.244 e. The molecule has 0 heterocycles. The maximum Gasteiger partial charge on any atom is 0.244 e. The van der Waals surface area contributed by atoms with Gasteiger partial charge in [0.1, 0.15) is 5.75 Å². The predicted octanol–water partition coefficient (Wildman–Crippen LogP) is 2.87. The monoisotopic (exact) mass is 282 g/mol. The van der Waals surface area contributed by atoms with Gasteiger partial charge in [0.15, 0.2) is 0 Å². The number of hydrazone groups is 1. The number of rotatable bonds is 5. The van der Waals surface area contributed by atoms with Crippen molar-refractivity contribution in [1.29, 1.82) is 0 Å². The van der Waals surface area contributed by atoms with Gasteiger partial charge >= 0.3 is 0 Å². The van der Waals surface area contributed by atoms with Crippen molar-refractivity contribution in [2.45, 2.75) is 19.8 Å². The molecule has 0 aromatic heterocycles. The van der Waals surface area contributed by atoms with Crippen LogP contribution in [0.1, 0.15) is 24.5 Å². The van der Waals surface area contributed by atoms with Gasteiger partial charge < -0.3 is 5.11 Å². The molecule has 0 unspecified atom stereocenters. The fraction of sp³-hybridized carbons (Fsp3) is 0.176. The van der Waals surface area contributed by atoms with Crippen LogP contribution < -0.4 is 5.43 Å². The zero-order chi connectivity index (χ0) is 15.1. The molecule has 2 rings (SSSR count). The molecule has 0 fully saturated rings. The van der Waals surface area contributed by atoms with Crippen molar-refractivity contribution >= 4 is 11.6 Å². The zero-order valence-corrected chi connectivity index (χ0v) is 11.9. The van der Waals surface area contributed by atoms with Gasteiger partial charge in [0.05, 0.1) is 12.1 Å². The Morgan fingerprint density at radius 3 is 2.38 bits per heavy atom. The molecule has 2 N–H and O–H groups in total. The fourth-order valence-corrected chi connectivity index (χ4v) is 1.95. The Balaban J connectivity index is 2.00. The van der Waals surface area contributed by atoms with E-state index in [2.05, 4.69) is 10.5 Å². The lowest BCUT2D eigenvalue weighted by Gasteiger charge is -2.05. The first-order valence-electron chi connectivity index (χ1n) is 6.87.